The smallest absolute Gasteiger partial charge is 0.143 e. The highest BCUT2D eigenvalue weighted by Crippen LogP contribution is 2.52. The predicted molar refractivity (Wildman–Crippen MR) is 296 cm³/mol. The molecule has 0 saturated heterocycles. The van der Waals surface area contributed by atoms with Gasteiger partial charge in [-0.1, -0.05) is 166 Å². The summed E-state index contributed by atoms with van der Waals surface area (Å²) in [6.45, 7) is 9.28. The summed E-state index contributed by atoms with van der Waals surface area (Å²) in [6, 6.07) is 64.2. The van der Waals surface area contributed by atoms with E-state index in [1.54, 1.807) is 22.7 Å². The lowest BCUT2D eigenvalue weighted by atomic mass is 9.69. The molecule has 4 aromatic heterocycles. The van der Waals surface area contributed by atoms with E-state index < -0.39 is 0 Å². The lowest BCUT2D eigenvalue weighted by Crippen LogP contribution is -2.30. The standard InChI is InChI=1S/C29H21N3S.C16H16.C14H7BrN2S.CH4.H2/c1-29(2)20-9-3-7-13-24(20)32(25-14-8-4-10-21(25)29)18-15-16-19-26(17-18)33-28-27(19)30-22-11-5-6-12-23(22)31-28;1-16(2)14-9-5-3-7-12(14)11-13-8-4-6-10-15(13)16;15-8-5-6-9-12(7-8)18-14-13(9)16-10-3-1-2-4-11(10)17-14;;/h3-17H,1-2H3;3-10H,11H2,1-2H3;1-7H;1H4;1H/i;;;;1+2. The largest absolute Gasteiger partial charge is 0.310 e. The monoisotopic (exact) mass is 985 g/mol. The Kier molecular flexibility index (Phi) is 11.0. The summed E-state index contributed by atoms with van der Waals surface area (Å²) in [7, 11) is 0. The number of hydrogen-bond donors (Lipinski definition) is 0. The molecule has 14 rings (SSSR count). The van der Waals surface area contributed by atoms with Gasteiger partial charge in [0.25, 0.3) is 0 Å². The van der Waals surface area contributed by atoms with Gasteiger partial charge in [0.05, 0.1) is 33.4 Å². The average Bonchev–Trinajstić information content (AvgIpc) is 3.89. The van der Waals surface area contributed by atoms with Gasteiger partial charge in [0.1, 0.15) is 20.7 Å². The van der Waals surface area contributed by atoms with Crippen LogP contribution in [0.25, 0.3) is 62.9 Å². The van der Waals surface area contributed by atoms with Gasteiger partial charge in [0.15, 0.2) is 0 Å². The number of aromatic nitrogens is 4. The van der Waals surface area contributed by atoms with Crippen molar-refractivity contribution in [1.82, 2.24) is 19.9 Å². The first-order chi connectivity index (χ1) is 32.6. The fraction of sp³-hybridized carbons (Fsp3) is 0.133. The second-order valence-corrected chi connectivity index (χ2v) is 21.3. The van der Waals surface area contributed by atoms with E-state index >= 15 is 0 Å². The Morgan fingerprint density at radius 2 is 0.853 bits per heavy atom. The van der Waals surface area contributed by atoms with Gasteiger partial charge in [-0.3, -0.25) is 0 Å². The zero-order chi connectivity index (χ0) is 45.4. The summed E-state index contributed by atoms with van der Waals surface area (Å²) in [5, 5.41) is 2.34. The summed E-state index contributed by atoms with van der Waals surface area (Å²) in [6.07, 6.45) is 1.08. The van der Waals surface area contributed by atoms with E-state index in [1.165, 1.54) is 59.5 Å². The fourth-order valence-corrected chi connectivity index (χ4v) is 12.9. The highest BCUT2D eigenvalue weighted by molar-refractivity contribution is 9.10. The van der Waals surface area contributed by atoms with E-state index in [4.69, 9.17) is 15.0 Å². The fourth-order valence-electron chi connectivity index (χ4n) is 10.2. The predicted octanol–water partition coefficient (Wildman–Crippen LogP) is 17.7. The van der Waals surface area contributed by atoms with Crippen molar-refractivity contribution in [2.24, 2.45) is 0 Å². The van der Waals surface area contributed by atoms with E-state index in [-0.39, 0.29) is 19.7 Å². The third-order valence-electron chi connectivity index (χ3n) is 13.6. The van der Waals surface area contributed by atoms with E-state index in [1.807, 2.05) is 54.6 Å². The van der Waals surface area contributed by atoms with Crippen molar-refractivity contribution in [2.75, 3.05) is 4.90 Å². The second-order valence-electron chi connectivity index (χ2n) is 18.4. The molecule has 12 aromatic rings. The molecular formula is C60H50BrN5S2. The molecular weight excluding hydrogens is 935 g/mol. The van der Waals surface area contributed by atoms with E-state index in [0.717, 1.165) is 64.7 Å². The van der Waals surface area contributed by atoms with Crippen LogP contribution in [-0.2, 0) is 17.3 Å². The van der Waals surface area contributed by atoms with Gasteiger partial charge in [-0.2, -0.15) is 0 Å². The van der Waals surface area contributed by atoms with Crippen LogP contribution in [0.3, 0.4) is 0 Å². The maximum Gasteiger partial charge on any atom is 0.143 e. The molecule has 1 aliphatic heterocycles. The Morgan fingerprint density at radius 1 is 0.456 bits per heavy atom. The van der Waals surface area contributed by atoms with Crippen molar-refractivity contribution in [3.8, 4) is 0 Å². The highest BCUT2D eigenvalue weighted by Gasteiger charge is 2.36. The van der Waals surface area contributed by atoms with Gasteiger partial charge in [-0.25, -0.2) is 19.9 Å². The van der Waals surface area contributed by atoms with Crippen molar-refractivity contribution >= 4 is 119 Å². The summed E-state index contributed by atoms with van der Waals surface area (Å²) in [4.78, 5) is 23.6. The molecule has 0 radical (unpaired) electrons. The van der Waals surface area contributed by atoms with Crippen LogP contribution >= 0.6 is 38.6 Å². The van der Waals surface area contributed by atoms with Crippen LogP contribution in [0.2, 0.25) is 0 Å². The molecule has 5 nitrogen and oxygen atoms in total. The van der Waals surface area contributed by atoms with Crippen molar-refractivity contribution < 1.29 is 1.43 Å². The van der Waals surface area contributed by atoms with Crippen molar-refractivity contribution in [3.05, 3.63) is 220 Å². The number of thiophene rings is 2. The Hall–Kier alpha value is -6.84. The van der Waals surface area contributed by atoms with Crippen LogP contribution in [0.4, 0.5) is 17.1 Å². The minimum Gasteiger partial charge on any atom is -0.310 e. The van der Waals surface area contributed by atoms with Crippen molar-refractivity contribution in [2.45, 2.75) is 52.4 Å². The Labute approximate surface area is 414 Å². The molecule has 0 fully saturated rings. The topological polar surface area (TPSA) is 54.8 Å². The maximum atomic E-state index is 4.93. The molecule has 0 N–H and O–H groups in total. The van der Waals surface area contributed by atoms with Gasteiger partial charge in [-0.05, 0) is 107 Å². The van der Waals surface area contributed by atoms with E-state index in [9.17, 15) is 0 Å². The molecule has 0 spiro atoms. The van der Waals surface area contributed by atoms with Crippen LogP contribution in [0.15, 0.2) is 186 Å². The first kappa shape index (κ1) is 43.7. The molecule has 5 heterocycles. The molecule has 0 atom stereocenters. The molecule has 8 aromatic carbocycles. The van der Waals surface area contributed by atoms with Gasteiger partial charge in [0, 0.05) is 42.6 Å². The zero-order valence-corrected chi connectivity index (χ0v) is 40.7. The lowest BCUT2D eigenvalue weighted by Gasteiger charge is -2.42. The Morgan fingerprint density at radius 3 is 1.37 bits per heavy atom. The van der Waals surface area contributed by atoms with Crippen molar-refractivity contribution in [1.29, 1.82) is 0 Å². The summed E-state index contributed by atoms with van der Waals surface area (Å²) >= 11 is 6.90. The van der Waals surface area contributed by atoms with Crippen LogP contribution < -0.4 is 4.90 Å². The third kappa shape index (κ3) is 7.34. The average molecular weight is 987 g/mol. The molecule has 0 bridgehead atoms. The summed E-state index contributed by atoms with van der Waals surface area (Å²) < 4.78 is 3.51. The number of benzene rings is 8. The molecule has 8 heteroatoms. The Bertz CT molecular complexity index is 3820. The quantitative estimate of drug-likeness (QED) is 0.164. The Balaban J connectivity index is 0.000000130. The van der Waals surface area contributed by atoms with E-state index in [2.05, 4.69) is 181 Å². The number of rotatable bonds is 1. The first-order valence-corrected chi connectivity index (χ1v) is 25.0. The number of halogens is 1. The minimum atomic E-state index is -0.0562. The minimum absolute atomic E-state index is 0. The summed E-state index contributed by atoms with van der Waals surface area (Å²) in [5.74, 6) is 0. The molecule has 0 saturated carbocycles. The molecule has 334 valence electrons. The molecule has 0 unspecified atom stereocenters. The number of para-hydroxylation sites is 6. The van der Waals surface area contributed by atoms with Crippen LogP contribution in [-0.4, -0.2) is 19.9 Å². The van der Waals surface area contributed by atoms with Crippen LogP contribution in [0.1, 0.15) is 69.9 Å². The maximum absolute atomic E-state index is 4.93. The van der Waals surface area contributed by atoms with Gasteiger partial charge < -0.3 is 4.90 Å². The SMILES string of the molecule is Brc1ccc2c(c1)sc1nc3ccccc3nc12.C.CC1(C)c2ccccc2Cc2ccccc21.CC1(C)c2ccccc2N(c2ccc3c(c2)sc2nc4ccccc4nc23)c2ccccc21.[3HH]. The number of nitrogens with zero attached hydrogens (tertiary/aromatic N) is 5. The normalized spacial score (nSPS) is 14.0. The molecule has 1 aliphatic carbocycles. The summed E-state index contributed by atoms with van der Waals surface area (Å²) in [5.41, 5.74) is 18.1. The molecule has 2 aliphatic rings. The molecule has 0 amide bonds. The number of fused-ring (bicyclic) bond motifs is 12. The zero-order valence-electron chi connectivity index (χ0n) is 37.5. The number of anilines is 3. The third-order valence-corrected chi connectivity index (χ3v) is 16.1. The van der Waals surface area contributed by atoms with Gasteiger partial charge >= 0.3 is 0 Å². The molecule has 68 heavy (non-hydrogen) atoms. The van der Waals surface area contributed by atoms with Crippen LogP contribution in [0, 0.1) is 0 Å². The highest BCUT2D eigenvalue weighted by atomic mass is 79.9. The van der Waals surface area contributed by atoms with Gasteiger partial charge in [0.2, 0.25) is 0 Å². The number of hydrogen-bond acceptors (Lipinski definition) is 7. The van der Waals surface area contributed by atoms with E-state index in [0.29, 0.717) is 0 Å². The van der Waals surface area contributed by atoms with Crippen molar-refractivity contribution in [3.63, 3.8) is 0 Å². The second kappa shape index (κ2) is 17.0. The first-order valence-electron chi connectivity index (χ1n) is 22.6. The van der Waals surface area contributed by atoms with Gasteiger partial charge in [-0.15, -0.1) is 22.7 Å². The lowest BCUT2D eigenvalue weighted by molar-refractivity contribution is 0.610. The van der Waals surface area contributed by atoms with Crippen LogP contribution in [0.5, 0.6) is 0 Å².